The molecule has 1 fully saturated rings. The minimum absolute atomic E-state index is 0.0335. The van der Waals surface area contributed by atoms with E-state index in [1.807, 2.05) is 0 Å². The van der Waals surface area contributed by atoms with Gasteiger partial charge >= 0.3 is 5.97 Å². The molecule has 0 aliphatic carbocycles. The molecule has 1 amide bonds. The zero-order chi connectivity index (χ0) is 16.5. The van der Waals surface area contributed by atoms with Gasteiger partial charge in [0.15, 0.2) is 0 Å². The standard InChI is InChI=1S/C13H18N2O5S2/c1-9(13(17)18)14(2)12(16)11-10(5-8-21-11)22(19,20)15-6-3-4-7-15/h5,8-9H,3-4,6-7H2,1-2H3,(H,17,18). The van der Waals surface area contributed by atoms with Crippen LogP contribution in [0.25, 0.3) is 0 Å². The van der Waals surface area contributed by atoms with Gasteiger partial charge in [-0.2, -0.15) is 4.31 Å². The molecule has 1 aromatic heterocycles. The predicted molar refractivity (Wildman–Crippen MR) is 81.5 cm³/mol. The largest absolute Gasteiger partial charge is 0.480 e. The van der Waals surface area contributed by atoms with Crippen molar-refractivity contribution >= 4 is 33.2 Å². The zero-order valence-corrected chi connectivity index (χ0v) is 14.0. The second-order valence-corrected chi connectivity index (χ2v) is 7.98. The van der Waals surface area contributed by atoms with E-state index in [-0.39, 0.29) is 9.77 Å². The number of carbonyl (C=O) groups is 2. The number of nitrogens with zero attached hydrogens (tertiary/aromatic N) is 2. The number of sulfonamides is 1. The van der Waals surface area contributed by atoms with Gasteiger partial charge in [0.2, 0.25) is 10.0 Å². The van der Waals surface area contributed by atoms with Crippen LogP contribution in [0, 0.1) is 0 Å². The fraction of sp³-hybridized carbons (Fsp3) is 0.538. The molecule has 1 aliphatic rings. The molecule has 1 unspecified atom stereocenters. The molecule has 1 aliphatic heterocycles. The maximum absolute atomic E-state index is 12.6. The van der Waals surface area contributed by atoms with Crippen LogP contribution in [-0.4, -0.2) is 60.8 Å². The van der Waals surface area contributed by atoms with Gasteiger partial charge in [-0.3, -0.25) is 4.79 Å². The molecular weight excluding hydrogens is 328 g/mol. The van der Waals surface area contributed by atoms with Crippen molar-refractivity contribution in [1.29, 1.82) is 0 Å². The van der Waals surface area contributed by atoms with Crippen LogP contribution in [0.4, 0.5) is 0 Å². The van der Waals surface area contributed by atoms with Gasteiger partial charge in [-0.1, -0.05) is 0 Å². The highest BCUT2D eigenvalue weighted by Gasteiger charge is 2.34. The van der Waals surface area contributed by atoms with Crippen LogP contribution in [0.1, 0.15) is 29.4 Å². The smallest absolute Gasteiger partial charge is 0.326 e. The van der Waals surface area contributed by atoms with Gasteiger partial charge in [0.05, 0.1) is 0 Å². The molecule has 1 saturated heterocycles. The first-order valence-electron chi connectivity index (χ1n) is 6.84. The van der Waals surface area contributed by atoms with E-state index in [1.165, 1.54) is 29.7 Å². The number of rotatable bonds is 5. The van der Waals surface area contributed by atoms with Crippen molar-refractivity contribution in [2.45, 2.75) is 30.7 Å². The third-order valence-electron chi connectivity index (χ3n) is 3.76. The highest BCUT2D eigenvalue weighted by Crippen LogP contribution is 2.28. The second kappa shape index (κ2) is 6.35. The molecule has 2 rings (SSSR count). The van der Waals surface area contributed by atoms with E-state index in [9.17, 15) is 18.0 Å². The molecule has 0 bridgehead atoms. The van der Waals surface area contributed by atoms with Crippen molar-refractivity contribution in [3.05, 3.63) is 16.3 Å². The number of carboxylic acids is 1. The average Bonchev–Trinajstić information content (AvgIpc) is 3.15. The van der Waals surface area contributed by atoms with Gasteiger partial charge < -0.3 is 10.0 Å². The summed E-state index contributed by atoms with van der Waals surface area (Å²) < 4.78 is 26.6. The summed E-state index contributed by atoms with van der Waals surface area (Å²) >= 11 is 1.01. The monoisotopic (exact) mass is 346 g/mol. The van der Waals surface area contributed by atoms with Gasteiger partial charge in [0, 0.05) is 20.1 Å². The topological polar surface area (TPSA) is 95.0 Å². The Bertz CT molecular complexity index is 676. The van der Waals surface area contributed by atoms with E-state index in [0.717, 1.165) is 29.1 Å². The minimum Gasteiger partial charge on any atom is -0.480 e. The lowest BCUT2D eigenvalue weighted by molar-refractivity contribution is -0.141. The number of likely N-dealkylation sites (N-methyl/N-ethyl adjacent to an activating group) is 1. The molecule has 22 heavy (non-hydrogen) atoms. The lowest BCUT2D eigenvalue weighted by atomic mass is 10.3. The van der Waals surface area contributed by atoms with Gasteiger partial charge in [-0.25, -0.2) is 13.2 Å². The van der Waals surface area contributed by atoms with Crippen LogP contribution in [0.15, 0.2) is 16.3 Å². The summed E-state index contributed by atoms with van der Waals surface area (Å²) in [5, 5.41) is 10.5. The molecule has 0 radical (unpaired) electrons. The second-order valence-electron chi connectivity index (χ2n) is 5.16. The molecule has 1 N–H and O–H groups in total. The van der Waals surface area contributed by atoms with Crippen molar-refractivity contribution in [3.8, 4) is 0 Å². The predicted octanol–water partition coefficient (Wildman–Crippen LogP) is 1.08. The Morgan fingerprint density at radius 2 is 1.95 bits per heavy atom. The van der Waals surface area contributed by atoms with Gasteiger partial charge in [-0.15, -0.1) is 11.3 Å². The Labute approximate surface area is 133 Å². The molecule has 7 nitrogen and oxygen atoms in total. The Morgan fingerprint density at radius 1 is 1.36 bits per heavy atom. The maximum atomic E-state index is 12.6. The van der Waals surface area contributed by atoms with Crippen LogP contribution < -0.4 is 0 Å². The van der Waals surface area contributed by atoms with Crippen LogP contribution in [-0.2, 0) is 14.8 Å². The van der Waals surface area contributed by atoms with Crippen LogP contribution in [0.5, 0.6) is 0 Å². The quantitative estimate of drug-likeness (QED) is 0.861. The first-order chi connectivity index (χ1) is 10.3. The first kappa shape index (κ1) is 16.9. The Kier molecular flexibility index (Phi) is 4.88. The number of aliphatic carboxylic acids is 1. The van der Waals surface area contributed by atoms with Crippen LogP contribution >= 0.6 is 11.3 Å². The summed E-state index contributed by atoms with van der Waals surface area (Å²) in [6.07, 6.45) is 1.62. The number of carbonyl (C=O) groups excluding carboxylic acids is 1. The number of thiophene rings is 1. The number of amides is 1. The van der Waals surface area contributed by atoms with E-state index in [4.69, 9.17) is 5.11 Å². The number of hydrogen-bond donors (Lipinski definition) is 1. The third-order valence-corrected chi connectivity index (χ3v) is 6.74. The molecule has 122 valence electrons. The molecule has 0 aromatic carbocycles. The average molecular weight is 346 g/mol. The summed E-state index contributed by atoms with van der Waals surface area (Å²) in [7, 11) is -2.35. The molecule has 9 heteroatoms. The normalized spacial score (nSPS) is 17.4. The van der Waals surface area contributed by atoms with Crippen LogP contribution in [0.2, 0.25) is 0 Å². The highest BCUT2D eigenvalue weighted by molar-refractivity contribution is 7.89. The molecule has 1 atom stereocenters. The summed E-state index contributed by atoms with van der Waals surface area (Å²) in [5.41, 5.74) is 0. The third kappa shape index (κ3) is 3.01. The van der Waals surface area contributed by atoms with Crippen molar-refractivity contribution in [1.82, 2.24) is 9.21 Å². The van der Waals surface area contributed by atoms with Crippen molar-refractivity contribution in [3.63, 3.8) is 0 Å². The molecular formula is C13H18N2O5S2. The van der Waals surface area contributed by atoms with Gasteiger partial charge in [0.25, 0.3) is 5.91 Å². The van der Waals surface area contributed by atoms with E-state index < -0.39 is 27.9 Å². The summed E-state index contributed by atoms with van der Waals surface area (Å²) in [5.74, 6) is -1.74. The van der Waals surface area contributed by atoms with E-state index in [1.54, 1.807) is 0 Å². The summed E-state index contributed by atoms with van der Waals surface area (Å²) in [4.78, 5) is 24.5. The summed E-state index contributed by atoms with van der Waals surface area (Å²) in [6, 6.07) is 0.377. The fourth-order valence-corrected chi connectivity index (χ4v) is 5.12. The van der Waals surface area contributed by atoms with Crippen molar-refractivity contribution in [2.24, 2.45) is 0 Å². The summed E-state index contributed by atoms with van der Waals surface area (Å²) in [6.45, 7) is 2.28. The number of hydrogen-bond acceptors (Lipinski definition) is 5. The molecule has 0 spiro atoms. The van der Waals surface area contributed by atoms with Crippen molar-refractivity contribution < 1.29 is 23.1 Å². The number of carboxylic acid groups (broad SMARTS) is 1. The molecule has 1 aromatic rings. The first-order valence-corrected chi connectivity index (χ1v) is 9.16. The maximum Gasteiger partial charge on any atom is 0.326 e. The van der Waals surface area contributed by atoms with E-state index in [0.29, 0.717) is 13.1 Å². The zero-order valence-electron chi connectivity index (χ0n) is 12.4. The van der Waals surface area contributed by atoms with E-state index in [2.05, 4.69) is 0 Å². The van der Waals surface area contributed by atoms with Crippen molar-refractivity contribution in [2.75, 3.05) is 20.1 Å². The molecule has 0 saturated carbocycles. The Balaban J connectivity index is 2.33. The lowest BCUT2D eigenvalue weighted by Crippen LogP contribution is -2.40. The fourth-order valence-electron chi connectivity index (χ4n) is 2.23. The SMILES string of the molecule is CC(C(=O)O)N(C)C(=O)c1sccc1S(=O)(=O)N1CCCC1. The Hall–Kier alpha value is -1.45. The van der Waals surface area contributed by atoms with E-state index >= 15 is 0 Å². The van der Waals surface area contributed by atoms with Gasteiger partial charge in [0.1, 0.15) is 15.8 Å². The minimum atomic E-state index is -3.70. The Morgan fingerprint density at radius 3 is 2.50 bits per heavy atom. The lowest BCUT2D eigenvalue weighted by Gasteiger charge is -2.22. The van der Waals surface area contributed by atoms with Crippen LogP contribution in [0.3, 0.4) is 0 Å². The molecule has 2 heterocycles. The van der Waals surface area contributed by atoms with Gasteiger partial charge in [-0.05, 0) is 31.2 Å². The highest BCUT2D eigenvalue weighted by atomic mass is 32.2.